The van der Waals surface area contributed by atoms with Gasteiger partial charge in [0.25, 0.3) is 0 Å². The topological polar surface area (TPSA) is 88.9 Å². The van der Waals surface area contributed by atoms with Crippen LogP contribution >= 0.6 is 0 Å². The van der Waals surface area contributed by atoms with Gasteiger partial charge in [-0.1, -0.05) is 12.1 Å². The molecule has 2 N–H and O–H groups in total. The van der Waals surface area contributed by atoms with Crippen molar-refractivity contribution >= 4 is 16.7 Å². The highest BCUT2D eigenvalue weighted by Gasteiger charge is 2.37. The standard InChI is InChI=1S/C25H24FNO5/c26-17-3-1-14(2-4-17)22-20-6-5-18(28)13-21(20)24(32-19-11-16(12-19)25(29)30)27-23(22)15-7-9-31-10-8-15/h1-6,13,15-16,19,28H,7-12H2,(H,29,30)/t16-,19+. The van der Waals surface area contributed by atoms with E-state index in [1.54, 1.807) is 24.3 Å². The molecule has 7 heteroatoms. The Morgan fingerprint density at radius 3 is 2.47 bits per heavy atom. The Kier molecular flexibility index (Phi) is 5.43. The number of aromatic nitrogens is 1. The van der Waals surface area contributed by atoms with Crippen LogP contribution in [0, 0.1) is 11.7 Å². The van der Waals surface area contributed by atoms with E-state index in [4.69, 9.17) is 14.5 Å². The first-order valence-electron chi connectivity index (χ1n) is 10.9. The second-order valence-electron chi connectivity index (χ2n) is 8.55. The number of rotatable bonds is 5. The molecular formula is C25H24FNO5. The largest absolute Gasteiger partial charge is 0.508 e. The number of halogens is 1. The minimum absolute atomic E-state index is 0.0880. The zero-order chi connectivity index (χ0) is 22.2. The maximum Gasteiger partial charge on any atom is 0.306 e. The van der Waals surface area contributed by atoms with E-state index in [1.807, 2.05) is 6.07 Å². The van der Waals surface area contributed by atoms with Crippen LogP contribution in [0.1, 0.15) is 37.3 Å². The van der Waals surface area contributed by atoms with Crippen molar-refractivity contribution in [2.24, 2.45) is 5.92 Å². The zero-order valence-corrected chi connectivity index (χ0v) is 17.5. The van der Waals surface area contributed by atoms with Crippen LogP contribution in [0.5, 0.6) is 11.6 Å². The maximum atomic E-state index is 13.6. The van der Waals surface area contributed by atoms with Crippen molar-refractivity contribution in [1.82, 2.24) is 4.98 Å². The highest BCUT2D eigenvalue weighted by molar-refractivity contribution is 6.01. The van der Waals surface area contributed by atoms with Crippen LogP contribution in [0.15, 0.2) is 42.5 Å². The smallest absolute Gasteiger partial charge is 0.306 e. The van der Waals surface area contributed by atoms with Crippen molar-refractivity contribution in [2.75, 3.05) is 13.2 Å². The number of phenols is 1. The predicted molar refractivity (Wildman–Crippen MR) is 116 cm³/mol. The third kappa shape index (κ3) is 3.88. The van der Waals surface area contributed by atoms with E-state index in [1.165, 1.54) is 12.1 Å². The fraction of sp³-hybridized carbons (Fsp3) is 0.360. The minimum atomic E-state index is -0.810. The van der Waals surface area contributed by atoms with Crippen molar-refractivity contribution in [1.29, 1.82) is 0 Å². The molecule has 1 aliphatic heterocycles. The van der Waals surface area contributed by atoms with Crippen molar-refractivity contribution < 1.29 is 28.9 Å². The SMILES string of the molecule is O=C(O)[C@H]1C[C@@H](Oc2nc(C3CCOCC3)c(-c3ccc(F)cc3)c3ccc(O)cc23)C1. The first-order valence-corrected chi connectivity index (χ1v) is 10.9. The van der Waals surface area contributed by atoms with Crippen molar-refractivity contribution in [2.45, 2.75) is 37.7 Å². The summed E-state index contributed by atoms with van der Waals surface area (Å²) < 4.78 is 25.3. The molecule has 2 heterocycles. The second-order valence-corrected chi connectivity index (χ2v) is 8.55. The lowest BCUT2D eigenvalue weighted by molar-refractivity contribution is -0.148. The van der Waals surface area contributed by atoms with Gasteiger partial charge in [-0.3, -0.25) is 4.79 Å². The average molecular weight is 437 g/mol. The number of fused-ring (bicyclic) bond motifs is 1. The van der Waals surface area contributed by atoms with Gasteiger partial charge in [0.15, 0.2) is 0 Å². The summed E-state index contributed by atoms with van der Waals surface area (Å²) in [4.78, 5) is 16.1. The van der Waals surface area contributed by atoms with Crippen LogP contribution in [-0.2, 0) is 9.53 Å². The number of benzene rings is 2. The summed E-state index contributed by atoms with van der Waals surface area (Å²) in [5.74, 6) is -0.878. The van der Waals surface area contributed by atoms with Gasteiger partial charge in [0.1, 0.15) is 17.7 Å². The highest BCUT2D eigenvalue weighted by Crippen LogP contribution is 2.43. The zero-order valence-electron chi connectivity index (χ0n) is 17.5. The molecule has 2 aromatic carbocycles. The normalized spacial score (nSPS) is 21.3. The average Bonchev–Trinajstić information content (AvgIpc) is 2.76. The summed E-state index contributed by atoms with van der Waals surface area (Å²) >= 11 is 0. The van der Waals surface area contributed by atoms with Crippen LogP contribution in [0.3, 0.4) is 0 Å². The number of carboxylic acid groups (broad SMARTS) is 1. The number of aliphatic carboxylic acids is 1. The van der Waals surface area contributed by atoms with Crippen LogP contribution in [-0.4, -0.2) is 40.5 Å². The molecule has 6 nitrogen and oxygen atoms in total. The fourth-order valence-electron chi connectivity index (χ4n) is 4.59. The monoisotopic (exact) mass is 437 g/mol. The summed E-state index contributed by atoms with van der Waals surface area (Å²) in [5, 5.41) is 20.9. The van der Waals surface area contributed by atoms with E-state index in [9.17, 15) is 19.4 Å². The molecule has 1 aromatic heterocycles. The number of hydrogen-bond donors (Lipinski definition) is 2. The Labute approximate surface area is 184 Å². The van der Waals surface area contributed by atoms with Gasteiger partial charge in [-0.2, -0.15) is 0 Å². The number of carbonyl (C=O) groups is 1. The molecule has 0 radical (unpaired) electrons. The molecule has 1 saturated heterocycles. The predicted octanol–water partition coefficient (Wildman–Crippen LogP) is 4.88. The van der Waals surface area contributed by atoms with Gasteiger partial charge in [0.05, 0.1) is 11.6 Å². The van der Waals surface area contributed by atoms with E-state index >= 15 is 0 Å². The lowest BCUT2D eigenvalue weighted by atomic mass is 9.82. The highest BCUT2D eigenvalue weighted by atomic mass is 19.1. The molecule has 3 aromatic rings. The van der Waals surface area contributed by atoms with Crippen LogP contribution in [0.4, 0.5) is 4.39 Å². The molecule has 0 unspecified atom stereocenters. The Morgan fingerprint density at radius 1 is 1.06 bits per heavy atom. The molecule has 32 heavy (non-hydrogen) atoms. The summed E-state index contributed by atoms with van der Waals surface area (Å²) in [7, 11) is 0. The maximum absolute atomic E-state index is 13.6. The van der Waals surface area contributed by atoms with Gasteiger partial charge in [-0.15, -0.1) is 0 Å². The second kappa shape index (κ2) is 8.39. The van der Waals surface area contributed by atoms with Gasteiger partial charge < -0.3 is 19.7 Å². The third-order valence-corrected chi connectivity index (χ3v) is 6.44. The molecule has 0 bridgehead atoms. The van der Waals surface area contributed by atoms with E-state index in [0.29, 0.717) is 37.3 Å². The molecule has 2 fully saturated rings. The minimum Gasteiger partial charge on any atom is -0.508 e. The summed E-state index contributed by atoms with van der Waals surface area (Å²) in [5.41, 5.74) is 2.61. The number of phenolic OH excluding ortho intramolecular Hbond substituents is 1. The lowest BCUT2D eigenvalue weighted by Gasteiger charge is -2.33. The number of pyridine rings is 1. The Morgan fingerprint density at radius 2 is 1.78 bits per heavy atom. The van der Waals surface area contributed by atoms with Gasteiger partial charge in [0, 0.05) is 30.1 Å². The molecular weight excluding hydrogens is 413 g/mol. The Hall–Kier alpha value is -3.19. The lowest BCUT2D eigenvalue weighted by Crippen LogP contribution is -2.38. The van der Waals surface area contributed by atoms with Gasteiger partial charge in [0.2, 0.25) is 5.88 Å². The van der Waals surface area contributed by atoms with Crippen molar-refractivity contribution in [3.63, 3.8) is 0 Å². The van der Waals surface area contributed by atoms with Crippen LogP contribution in [0.25, 0.3) is 21.9 Å². The quantitative estimate of drug-likeness (QED) is 0.591. The molecule has 0 amide bonds. The van der Waals surface area contributed by atoms with E-state index in [-0.39, 0.29) is 23.6 Å². The first-order chi connectivity index (χ1) is 15.5. The summed E-state index contributed by atoms with van der Waals surface area (Å²) in [6.07, 6.45) is 2.27. The van der Waals surface area contributed by atoms with Gasteiger partial charge in [-0.25, -0.2) is 9.37 Å². The van der Waals surface area contributed by atoms with E-state index in [0.717, 1.165) is 35.0 Å². The number of hydrogen-bond acceptors (Lipinski definition) is 5. The van der Waals surface area contributed by atoms with Gasteiger partial charge in [-0.05, 0) is 67.0 Å². The van der Waals surface area contributed by atoms with Crippen LogP contribution in [0.2, 0.25) is 0 Å². The van der Waals surface area contributed by atoms with Crippen molar-refractivity contribution in [3.05, 3.63) is 54.0 Å². The summed E-state index contributed by atoms with van der Waals surface area (Å²) in [6.45, 7) is 1.28. The number of carboxylic acids is 1. The Balaban J connectivity index is 1.65. The third-order valence-electron chi connectivity index (χ3n) is 6.44. The number of ether oxygens (including phenoxy) is 2. The molecule has 166 valence electrons. The molecule has 2 aliphatic rings. The molecule has 0 spiro atoms. The molecule has 1 saturated carbocycles. The van der Waals surface area contributed by atoms with Crippen molar-refractivity contribution in [3.8, 4) is 22.8 Å². The van der Waals surface area contributed by atoms with E-state index in [2.05, 4.69) is 0 Å². The fourth-order valence-corrected chi connectivity index (χ4v) is 4.59. The molecule has 0 atom stereocenters. The number of nitrogens with zero attached hydrogens (tertiary/aromatic N) is 1. The first kappa shape index (κ1) is 20.7. The number of aromatic hydroxyl groups is 1. The van der Waals surface area contributed by atoms with Crippen LogP contribution < -0.4 is 4.74 Å². The van der Waals surface area contributed by atoms with E-state index < -0.39 is 11.9 Å². The van der Waals surface area contributed by atoms with Gasteiger partial charge >= 0.3 is 5.97 Å². The Bertz CT molecular complexity index is 1150. The summed E-state index contributed by atoms with van der Waals surface area (Å²) in [6, 6.07) is 11.4. The molecule has 5 rings (SSSR count). The molecule has 1 aliphatic carbocycles.